The molecule has 0 aromatic heterocycles. The van der Waals surface area contributed by atoms with E-state index in [1.807, 2.05) is 14.7 Å². The summed E-state index contributed by atoms with van der Waals surface area (Å²) >= 11 is 0. The average Bonchev–Trinajstić information content (AvgIpc) is 2.91. The highest BCUT2D eigenvalue weighted by Crippen LogP contribution is 2.38. The largest absolute Gasteiger partial charge is 0.380 e. The molecule has 16 heteroatoms. The van der Waals surface area contributed by atoms with Crippen molar-refractivity contribution in [2.24, 2.45) is 0 Å². The molecule has 0 aliphatic carbocycles. The standard InChI is InChI=1S/C23H52N6O10/c1-30-11-22(26(15-34-5)16-35-6)24-23(12-31-2,27(17-36-7)18-37-8)29(20-39-10)21(28(22)19-38-9)25(13-32-3)14-33-4/h21,24H,11-20H2,1-10H3. The van der Waals surface area contributed by atoms with E-state index in [4.69, 9.17) is 47.4 Å². The van der Waals surface area contributed by atoms with Crippen molar-refractivity contribution < 1.29 is 47.4 Å². The van der Waals surface area contributed by atoms with Gasteiger partial charge in [0.2, 0.25) is 0 Å². The Morgan fingerprint density at radius 1 is 0.487 bits per heavy atom. The van der Waals surface area contributed by atoms with E-state index in [0.717, 1.165) is 0 Å². The molecular weight excluding hydrogens is 520 g/mol. The van der Waals surface area contributed by atoms with Crippen LogP contribution in [-0.4, -0.2) is 181 Å². The van der Waals surface area contributed by atoms with E-state index in [1.54, 1.807) is 71.1 Å². The maximum Gasteiger partial charge on any atom is 0.163 e. The lowest BCUT2D eigenvalue weighted by Gasteiger charge is -2.67. The molecule has 2 atom stereocenters. The van der Waals surface area contributed by atoms with Crippen LogP contribution in [0.5, 0.6) is 0 Å². The van der Waals surface area contributed by atoms with Crippen molar-refractivity contribution in [1.29, 1.82) is 0 Å². The highest BCUT2D eigenvalue weighted by molar-refractivity contribution is 5.04. The zero-order valence-electron chi connectivity index (χ0n) is 25.5. The van der Waals surface area contributed by atoms with E-state index in [1.165, 1.54) is 0 Å². The second-order valence-corrected chi connectivity index (χ2v) is 8.92. The topological polar surface area (TPSA) is 121 Å². The molecule has 1 fully saturated rings. The van der Waals surface area contributed by atoms with Gasteiger partial charge in [-0.3, -0.25) is 5.32 Å². The SMILES string of the molecule is COCN(COC)C1N(COC)C(COC)(N(COC)COC)NC(COC)(N(COC)COC)N1COC. The first-order valence-corrected chi connectivity index (χ1v) is 12.4. The molecule has 16 nitrogen and oxygen atoms in total. The molecule has 39 heavy (non-hydrogen) atoms. The van der Waals surface area contributed by atoms with Gasteiger partial charge in [-0.25, -0.2) is 24.5 Å². The highest BCUT2D eigenvalue weighted by Gasteiger charge is 2.63. The lowest BCUT2D eigenvalue weighted by atomic mass is 10.1. The smallest absolute Gasteiger partial charge is 0.163 e. The van der Waals surface area contributed by atoms with Crippen LogP contribution in [0.25, 0.3) is 0 Å². The average molecular weight is 573 g/mol. The Labute approximate surface area is 233 Å². The van der Waals surface area contributed by atoms with E-state index in [2.05, 4.69) is 15.1 Å². The van der Waals surface area contributed by atoms with Crippen molar-refractivity contribution >= 4 is 0 Å². The monoisotopic (exact) mass is 572 g/mol. The summed E-state index contributed by atoms with van der Waals surface area (Å²) in [4.78, 5) is 10.1. The van der Waals surface area contributed by atoms with Crippen LogP contribution in [0.1, 0.15) is 0 Å². The van der Waals surface area contributed by atoms with Crippen molar-refractivity contribution in [2.75, 3.05) is 138 Å². The fourth-order valence-corrected chi connectivity index (χ4v) is 5.01. The van der Waals surface area contributed by atoms with Crippen molar-refractivity contribution in [3.05, 3.63) is 0 Å². The summed E-state index contributed by atoms with van der Waals surface area (Å²) in [6, 6.07) is 0. The molecule has 234 valence electrons. The van der Waals surface area contributed by atoms with Crippen LogP contribution in [0, 0.1) is 0 Å². The second kappa shape index (κ2) is 19.5. The van der Waals surface area contributed by atoms with Gasteiger partial charge in [-0.15, -0.1) is 0 Å². The molecule has 0 amide bonds. The number of rotatable bonds is 23. The van der Waals surface area contributed by atoms with Gasteiger partial charge in [0.15, 0.2) is 11.6 Å². The minimum Gasteiger partial charge on any atom is -0.380 e. The Morgan fingerprint density at radius 3 is 1.08 bits per heavy atom. The van der Waals surface area contributed by atoms with Crippen LogP contribution in [0.15, 0.2) is 0 Å². The van der Waals surface area contributed by atoms with Gasteiger partial charge in [-0.05, 0) is 0 Å². The summed E-state index contributed by atoms with van der Waals surface area (Å²) in [5.41, 5.74) is 0. The van der Waals surface area contributed by atoms with Crippen molar-refractivity contribution in [3.63, 3.8) is 0 Å². The number of hydrogen-bond donors (Lipinski definition) is 1. The fourth-order valence-electron chi connectivity index (χ4n) is 5.01. The minimum absolute atomic E-state index is 0.159. The van der Waals surface area contributed by atoms with E-state index in [-0.39, 0.29) is 67.1 Å². The van der Waals surface area contributed by atoms with Crippen LogP contribution < -0.4 is 5.32 Å². The van der Waals surface area contributed by atoms with E-state index < -0.39 is 17.9 Å². The van der Waals surface area contributed by atoms with Gasteiger partial charge >= 0.3 is 0 Å². The molecule has 0 aromatic carbocycles. The zero-order chi connectivity index (χ0) is 29.3. The Kier molecular flexibility index (Phi) is 18.2. The van der Waals surface area contributed by atoms with Crippen LogP contribution >= 0.6 is 0 Å². The Morgan fingerprint density at radius 2 is 0.821 bits per heavy atom. The van der Waals surface area contributed by atoms with Gasteiger partial charge in [0.25, 0.3) is 0 Å². The highest BCUT2D eigenvalue weighted by atomic mass is 16.5. The Bertz CT molecular complexity index is 572. The third-order valence-electron chi connectivity index (χ3n) is 6.24. The molecule has 0 aromatic rings. The molecule has 0 spiro atoms. The van der Waals surface area contributed by atoms with E-state index in [0.29, 0.717) is 0 Å². The predicted molar refractivity (Wildman–Crippen MR) is 140 cm³/mol. The first-order chi connectivity index (χ1) is 18.9. The molecule has 0 radical (unpaired) electrons. The van der Waals surface area contributed by atoms with Gasteiger partial charge in [0, 0.05) is 71.1 Å². The van der Waals surface area contributed by atoms with Crippen molar-refractivity contribution in [1.82, 2.24) is 29.8 Å². The fraction of sp³-hybridized carbons (Fsp3) is 1.00. The molecule has 0 bridgehead atoms. The lowest BCUT2D eigenvalue weighted by molar-refractivity contribution is -0.367. The minimum atomic E-state index is -1.11. The maximum absolute atomic E-state index is 5.88. The second-order valence-electron chi connectivity index (χ2n) is 8.92. The van der Waals surface area contributed by atoms with Gasteiger partial charge in [0.1, 0.15) is 60.1 Å². The molecular formula is C23H52N6O10. The van der Waals surface area contributed by atoms with Crippen LogP contribution in [0.4, 0.5) is 0 Å². The van der Waals surface area contributed by atoms with Gasteiger partial charge in [-0.1, -0.05) is 0 Å². The van der Waals surface area contributed by atoms with Crippen LogP contribution in [0.2, 0.25) is 0 Å². The van der Waals surface area contributed by atoms with Gasteiger partial charge < -0.3 is 47.4 Å². The third-order valence-corrected chi connectivity index (χ3v) is 6.24. The number of methoxy groups -OCH3 is 10. The van der Waals surface area contributed by atoms with Crippen LogP contribution in [0.3, 0.4) is 0 Å². The van der Waals surface area contributed by atoms with Crippen LogP contribution in [-0.2, 0) is 47.4 Å². The summed E-state index contributed by atoms with van der Waals surface area (Å²) in [7, 11) is 16.2. The number of ether oxygens (including phenoxy) is 10. The number of hydrogen-bond acceptors (Lipinski definition) is 16. The summed E-state index contributed by atoms with van der Waals surface area (Å²) < 4.78 is 57.2. The lowest BCUT2D eigenvalue weighted by Crippen LogP contribution is -2.92. The maximum atomic E-state index is 5.88. The Hall–Kier alpha value is -0.640. The molecule has 1 aliphatic heterocycles. The first-order valence-electron chi connectivity index (χ1n) is 12.4. The van der Waals surface area contributed by atoms with Crippen molar-refractivity contribution in [2.45, 2.75) is 17.9 Å². The van der Waals surface area contributed by atoms with Gasteiger partial charge in [0.05, 0.1) is 13.2 Å². The summed E-state index contributed by atoms with van der Waals surface area (Å²) in [5, 5.41) is 3.83. The van der Waals surface area contributed by atoms with Gasteiger partial charge in [-0.2, -0.15) is 0 Å². The predicted octanol–water partition coefficient (Wildman–Crippen LogP) is -1.19. The molecule has 1 rings (SSSR count). The molecule has 2 unspecified atom stereocenters. The third kappa shape index (κ3) is 8.68. The summed E-state index contributed by atoms with van der Waals surface area (Å²) in [6.07, 6.45) is -0.580. The molecule has 1 heterocycles. The molecule has 1 aliphatic rings. The summed E-state index contributed by atoms with van der Waals surface area (Å²) in [5.74, 6) is -2.21. The first kappa shape index (κ1) is 36.4. The summed E-state index contributed by atoms with van der Waals surface area (Å²) in [6.45, 7) is 1.82. The zero-order valence-corrected chi connectivity index (χ0v) is 25.5. The Balaban J connectivity index is 4.19. The molecule has 0 saturated carbocycles. The quantitative estimate of drug-likeness (QED) is 0.148. The number of nitrogens with one attached hydrogen (secondary N) is 1. The van der Waals surface area contributed by atoms with E-state index in [9.17, 15) is 0 Å². The molecule has 1 N–H and O–H groups in total. The number of nitrogens with zero attached hydrogens (tertiary/aromatic N) is 5. The van der Waals surface area contributed by atoms with Crippen molar-refractivity contribution in [3.8, 4) is 0 Å². The van der Waals surface area contributed by atoms with E-state index >= 15 is 0 Å². The normalized spacial score (nSPS) is 25.0. The molecule has 1 saturated heterocycles.